The molecule has 174 valence electrons. The Kier molecular flexibility index (Phi) is 6.90. The molecular formula is C22H25FN6O3S. The van der Waals surface area contributed by atoms with E-state index in [4.69, 9.17) is 0 Å². The fourth-order valence-corrected chi connectivity index (χ4v) is 4.39. The molecule has 0 radical (unpaired) electrons. The van der Waals surface area contributed by atoms with Gasteiger partial charge in [0.15, 0.2) is 0 Å². The van der Waals surface area contributed by atoms with Gasteiger partial charge in [0.05, 0.1) is 6.54 Å². The summed E-state index contributed by atoms with van der Waals surface area (Å²) in [6.07, 6.45) is 5.13. The zero-order valence-corrected chi connectivity index (χ0v) is 18.9. The van der Waals surface area contributed by atoms with Crippen molar-refractivity contribution in [3.8, 4) is 16.5 Å². The van der Waals surface area contributed by atoms with Crippen molar-refractivity contribution >= 4 is 23.4 Å². The molecule has 0 atom stereocenters. The van der Waals surface area contributed by atoms with Crippen LogP contribution in [0, 0.1) is 5.82 Å². The molecule has 1 amide bonds. The van der Waals surface area contributed by atoms with Crippen LogP contribution in [0.2, 0.25) is 0 Å². The van der Waals surface area contributed by atoms with Crippen molar-refractivity contribution in [1.82, 2.24) is 29.9 Å². The average Bonchev–Trinajstić information content (AvgIpc) is 3.38. The second-order valence-electron chi connectivity index (χ2n) is 7.83. The number of likely N-dealkylation sites (N-methyl/N-ethyl adjacent to an activating group) is 1. The largest absolute Gasteiger partial charge is 0.501 e. The lowest BCUT2D eigenvalue weighted by atomic mass is 10.1. The SMILES string of the molecule is CN1CCN(C(=O)CN/C=C\n2[nH]c(-c3ncc(Cc4ccc(F)cc4)s3)c(O)c2=O)CC1. The predicted molar refractivity (Wildman–Crippen MR) is 124 cm³/mol. The van der Waals surface area contributed by atoms with E-state index in [-0.39, 0.29) is 24.0 Å². The minimum atomic E-state index is -0.622. The number of hydrogen-bond donors (Lipinski definition) is 3. The van der Waals surface area contributed by atoms with Gasteiger partial charge in [-0.1, -0.05) is 12.1 Å². The van der Waals surface area contributed by atoms with Gasteiger partial charge in [-0.05, 0) is 24.7 Å². The molecule has 33 heavy (non-hydrogen) atoms. The lowest BCUT2D eigenvalue weighted by molar-refractivity contribution is -0.131. The number of hydrogen-bond acceptors (Lipinski definition) is 7. The molecule has 0 unspecified atom stereocenters. The minimum absolute atomic E-state index is 0.00779. The Morgan fingerprint density at radius 2 is 2.00 bits per heavy atom. The Morgan fingerprint density at radius 1 is 1.27 bits per heavy atom. The standard InChI is InChI=1S/C22H25FN6O3S/c1-27-8-10-28(11-9-27)18(30)14-24-6-7-29-22(32)20(31)19(26-29)21-25-13-17(33-21)12-15-2-4-16(23)5-3-15/h2-7,13,24,26,31H,8-12,14H2,1H3/b7-6-. The van der Waals surface area contributed by atoms with E-state index in [0.29, 0.717) is 24.5 Å². The molecule has 0 saturated carbocycles. The van der Waals surface area contributed by atoms with Crippen LogP contribution in [0.5, 0.6) is 5.75 Å². The molecule has 3 heterocycles. The Morgan fingerprint density at radius 3 is 2.73 bits per heavy atom. The van der Waals surface area contributed by atoms with Crippen molar-refractivity contribution < 1.29 is 14.3 Å². The first-order valence-corrected chi connectivity index (χ1v) is 11.3. The molecular weight excluding hydrogens is 447 g/mol. The van der Waals surface area contributed by atoms with Gasteiger partial charge in [-0.25, -0.2) is 14.1 Å². The maximum absolute atomic E-state index is 13.1. The Hall–Kier alpha value is -3.44. The molecule has 9 nitrogen and oxygen atoms in total. The molecule has 4 rings (SSSR count). The normalized spacial score (nSPS) is 14.8. The minimum Gasteiger partial charge on any atom is -0.501 e. The van der Waals surface area contributed by atoms with Crippen LogP contribution in [-0.4, -0.2) is 75.3 Å². The summed E-state index contributed by atoms with van der Waals surface area (Å²) in [4.78, 5) is 33.8. The van der Waals surface area contributed by atoms with E-state index in [0.717, 1.165) is 28.2 Å². The van der Waals surface area contributed by atoms with Crippen LogP contribution < -0.4 is 10.9 Å². The quantitative estimate of drug-likeness (QED) is 0.482. The number of carbonyl (C=O) groups is 1. The molecule has 0 spiro atoms. The number of nitrogens with one attached hydrogen (secondary N) is 2. The monoisotopic (exact) mass is 472 g/mol. The van der Waals surface area contributed by atoms with Crippen LogP contribution in [0.15, 0.2) is 41.5 Å². The van der Waals surface area contributed by atoms with Crippen molar-refractivity contribution in [3.63, 3.8) is 0 Å². The van der Waals surface area contributed by atoms with Gasteiger partial charge in [0.25, 0.3) is 0 Å². The number of aromatic nitrogens is 3. The molecule has 1 aromatic carbocycles. The number of H-pyrrole nitrogens is 1. The molecule has 2 aromatic heterocycles. The van der Waals surface area contributed by atoms with E-state index in [1.54, 1.807) is 23.2 Å². The van der Waals surface area contributed by atoms with E-state index in [1.165, 1.54) is 35.9 Å². The van der Waals surface area contributed by atoms with Crippen LogP contribution in [0.3, 0.4) is 0 Å². The van der Waals surface area contributed by atoms with Crippen molar-refractivity contribution in [3.05, 3.63) is 63.3 Å². The average molecular weight is 473 g/mol. The van der Waals surface area contributed by atoms with Crippen molar-refractivity contribution in [1.29, 1.82) is 0 Å². The van der Waals surface area contributed by atoms with Gasteiger partial charge in [0, 0.05) is 56.1 Å². The highest BCUT2D eigenvalue weighted by atomic mass is 32.1. The zero-order chi connectivity index (χ0) is 23.4. The summed E-state index contributed by atoms with van der Waals surface area (Å²) in [6.45, 7) is 3.22. The van der Waals surface area contributed by atoms with Gasteiger partial charge in [-0.2, -0.15) is 0 Å². The van der Waals surface area contributed by atoms with E-state index in [1.807, 2.05) is 7.05 Å². The Labute approximate surface area is 193 Å². The summed E-state index contributed by atoms with van der Waals surface area (Å²) < 4.78 is 14.2. The highest BCUT2D eigenvalue weighted by molar-refractivity contribution is 7.15. The molecule has 1 fully saturated rings. The van der Waals surface area contributed by atoms with Crippen LogP contribution >= 0.6 is 11.3 Å². The first-order chi connectivity index (χ1) is 15.9. The zero-order valence-electron chi connectivity index (χ0n) is 18.1. The lowest BCUT2D eigenvalue weighted by Gasteiger charge is -2.32. The van der Waals surface area contributed by atoms with Gasteiger partial charge in [0.1, 0.15) is 16.5 Å². The Balaban J connectivity index is 1.37. The summed E-state index contributed by atoms with van der Waals surface area (Å²) in [5.41, 5.74) is 0.527. The highest BCUT2D eigenvalue weighted by Gasteiger charge is 2.19. The van der Waals surface area contributed by atoms with Gasteiger partial charge in [0.2, 0.25) is 11.7 Å². The summed E-state index contributed by atoms with van der Waals surface area (Å²) in [6, 6.07) is 6.22. The van der Waals surface area contributed by atoms with Crippen LogP contribution in [0.25, 0.3) is 16.9 Å². The topological polar surface area (TPSA) is 106 Å². The molecule has 11 heteroatoms. The third kappa shape index (κ3) is 5.49. The maximum Gasteiger partial charge on any atom is 0.313 e. The molecule has 1 saturated heterocycles. The summed E-state index contributed by atoms with van der Waals surface area (Å²) in [5.74, 6) is -0.735. The van der Waals surface area contributed by atoms with Crippen LogP contribution in [0.1, 0.15) is 10.4 Å². The van der Waals surface area contributed by atoms with E-state index < -0.39 is 11.3 Å². The van der Waals surface area contributed by atoms with E-state index in [9.17, 15) is 19.1 Å². The molecule has 3 aromatic rings. The number of nitrogens with zero attached hydrogens (tertiary/aromatic N) is 4. The summed E-state index contributed by atoms with van der Waals surface area (Å²) in [7, 11) is 2.03. The second-order valence-corrected chi connectivity index (χ2v) is 8.94. The summed E-state index contributed by atoms with van der Waals surface area (Å²) in [5, 5.41) is 16.5. The number of carbonyl (C=O) groups excluding carboxylic acids is 1. The van der Waals surface area contributed by atoms with Crippen LogP contribution in [-0.2, 0) is 11.2 Å². The fourth-order valence-electron chi connectivity index (χ4n) is 3.45. The number of thiazole rings is 1. The maximum atomic E-state index is 13.1. The number of aromatic amines is 1. The van der Waals surface area contributed by atoms with E-state index >= 15 is 0 Å². The van der Waals surface area contributed by atoms with Gasteiger partial charge < -0.3 is 20.2 Å². The molecule has 1 aliphatic heterocycles. The van der Waals surface area contributed by atoms with Gasteiger partial charge in [-0.15, -0.1) is 11.3 Å². The van der Waals surface area contributed by atoms with Crippen molar-refractivity contribution in [2.24, 2.45) is 0 Å². The predicted octanol–water partition coefficient (Wildman–Crippen LogP) is 1.53. The first-order valence-electron chi connectivity index (χ1n) is 10.5. The van der Waals surface area contributed by atoms with Crippen molar-refractivity contribution in [2.45, 2.75) is 6.42 Å². The Bertz CT molecular complexity index is 1190. The number of halogens is 1. The highest BCUT2D eigenvalue weighted by Crippen LogP contribution is 2.29. The second kappa shape index (κ2) is 10.0. The number of benzene rings is 1. The third-order valence-corrected chi connectivity index (χ3v) is 6.42. The molecule has 1 aliphatic rings. The fraction of sp³-hybridized carbons (Fsp3) is 0.318. The number of aromatic hydroxyl groups is 1. The van der Waals surface area contributed by atoms with Crippen molar-refractivity contribution in [2.75, 3.05) is 39.8 Å². The van der Waals surface area contributed by atoms with E-state index in [2.05, 4.69) is 20.3 Å². The molecule has 3 N–H and O–H groups in total. The third-order valence-electron chi connectivity index (χ3n) is 5.40. The molecule has 0 bridgehead atoms. The number of amides is 1. The van der Waals surface area contributed by atoms with Gasteiger partial charge >= 0.3 is 5.56 Å². The first kappa shape index (κ1) is 22.7. The molecule has 0 aliphatic carbocycles. The summed E-state index contributed by atoms with van der Waals surface area (Å²) >= 11 is 1.33. The number of rotatable bonds is 7. The lowest BCUT2D eigenvalue weighted by Crippen LogP contribution is -2.49. The number of piperazine rings is 1. The van der Waals surface area contributed by atoms with Gasteiger partial charge in [-0.3, -0.25) is 14.7 Å². The smallest absolute Gasteiger partial charge is 0.313 e. The van der Waals surface area contributed by atoms with Crippen LogP contribution in [0.4, 0.5) is 4.39 Å².